The lowest BCUT2D eigenvalue weighted by Gasteiger charge is -2.29. The molecule has 0 atom stereocenters. The quantitative estimate of drug-likeness (QED) is 0.164. The number of para-hydroxylation sites is 2. The van der Waals surface area contributed by atoms with Crippen LogP contribution in [0.5, 0.6) is 23.0 Å². The number of hydrogen-bond donors (Lipinski definition) is 2. The van der Waals surface area contributed by atoms with E-state index in [-0.39, 0.29) is 5.91 Å². The van der Waals surface area contributed by atoms with E-state index in [0.29, 0.717) is 29.3 Å². The van der Waals surface area contributed by atoms with Gasteiger partial charge in [-0.2, -0.15) is 0 Å². The maximum absolute atomic E-state index is 13.1. The van der Waals surface area contributed by atoms with E-state index in [1.54, 1.807) is 51.3 Å². The molecule has 2 N–H and O–H groups in total. The van der Waals surface area contributed by atoms with Crippen LogP contribution in [0.1, 0.15) is 32.7 Å². The molecule has 48 heavy (non-hydrogen) atoms. The van der Waals surface area contributed by atoms with Crippen LogP contribution in [0.25, 0.3) is 5.69 Å². The Labute approximate surface area is 280 Å². The Bertz CT molecular complexity index is 1850. The number of amides is 1. The first kappa shape index (κ1) is 32.4. The molecular formula is C37H40N6O5. The number of nitrogens with zero attached hydrogens (tertiary/aromatic N) is 4. The van der Waals surface area contributed by atoms with Crippen LogP contribution in [0.15, 0.2) is 85.1 Å². The van der Waals surface area contributed by atoms with Gasteiger partial charge in [-0.25, -0.2) is 4.68 Å². The minimum absolute atomic E-state index is 0.279. The number of ether oxygens (including phenoxy) is 4. The van der Waals surface area contributed by atoms with Gasteiger partial charge in [0.25, 0.3) is 5.91 Å². The van der Waals surface area contributed by atoms with Crippen molar-refractivity contribution in [3.8, 4) is 28.7 Å². The third-order valence-electron chi connectivity index (χ3n) is 8.50. The van der Waals surface area contributed by atoms with Gasteiger partial charge in [0.15, 0.2) is 11.5 Å². The normalized spacial score (nSPS) is 12.6. The van der Waals surface area contributed by atoms with E-state index in [1.807, 2.05) is 30.5 Å². The number of rotatable bonds is 13. The summed E-state index contributed by atoms with van der Waals surface area (Å²) in [7, 11) is 6.46. The van der Waals surface area contributed by atoms with E-state index < -0.39 is 0 Å². The van der Waals surface area contributed by atoms with Gasteiger partial charge in [-0.15, -0.1) is 5.10 Å². The highest BCUT2D eigenvalue weighted by Gasteiger charge is 2.19. The number of anilines is 2. The fourth-order valence-electron chi connectivity index (χ4n) is 5.81. The second kappa shape index (κ2) is 14.9. The van der Waals surface area contributed by atoms with Crippen LogP contribution in [0.2, 0.25) is 0 Å². The van der Waals surface area contributed by atoms with Crippen molar-refractivity contribution in [2.24, 2.45) is 0 Å². The third-order valence-corrected chi connectivity index (χ3v) is 8.50. The van der Waals surface area contributed by atoms with Crippen LogP contribution in [-0.4, -0.2) is 67.3 Å². The Kier molecular flexibility index (Phi) is 10.1. The van der Waals surface area contributed by atoms with Gasteiger partial charge < -0.3 is 29.6 Å². The smallest absolute Gasteiger partial charge is 0.255 e. The van der Waals surface area contributed by atoms with Gasteiger partial charge >= 0.3 is 0 Å². The van der Waals surface area contributed by atoms with E-state index in [0.717, 1.165) is 61.0 Å². The lowest BCUT2D eigenvalue weighted by molar-refractivity contribution is 0.102. The number of methoxy groups -OCH3 is 4. The predicted octanol–water partition coefficient (Wildman–Crippen LogP) is 5.77. The minimum atomic E-state index is -0.279. The molecule has 6 rings (SSSR count). The van der Waals surface area contributed by atoms with Gasteiger partial charge in [-0.05, 0) is 78.1 Å². The maximum Gasteiger partial charge on any atom is 0.255 e. The van der Waals surface area contributed by atoms with Crippen molar-refractivity contribution in [2.45, 2.75) is 25.9 Å². The Hall–Kier alpha value is -5.55. The average molecular weight is 649 g/mol. The van der Waals surface area contributed by atoms with E-state index in [2.05, 4.69) is 62.2 Å². The highest BCUT2D eigenvalue weighted by molar-refractivity contribution is 6.06. The molecule has 0 unspecified atom stereocenters. The molecule has 0 saturated heterocycles. The molecule has 0 aliphatic carbocycles. The van der Waals surface area contributed by atoms with Gasteiger partial charge in [-0.1, -0.05) is 29.5 Å². The number of nitrogens with one attached hydrogen (secondary N) is 2. The van der Waals surface area contributed by atoms with Crippen molar-refractivity contribution in [2.75, 3.05) is 52.2 Å². The summed E-state index contributed by atoms with van der Waals surface area (Å²) in [5.41, 5.74) is 7.42. The maximum atomic E-state index is 13.1. The lowest BCUT2D eigenvalue weighted by Crippen LogP contribution is -2.32. The zero-order valence-corrected chi connectivity index (χ0v) is 27.7. The van der Waals surface area contributed by atoms with Gasteiger partial charge in [0.05, 0.1) is 58.2 Å². The summed E-state index contributed by atoms with van der Waals surface area (Å²) >= 11 is 0. The minimum Gasteiger partial charge on any atom is -0.497 e. The van der Waals surface area contributed by atoms with E-state index in [9.17, 15) is 4.79 Å². The fraction of sp³-hybridized carbons (Fsp3) is 0.270. The zero-order valence-electron chi connectivity index (χ0n) is 27.7. The van der Waals surface area contributed by atoms with Crippen molar-refractivity contribution >= 4 is 17.3 Å². The molecule has 5 aromatic rings. The topological polar surface area (TPSA) is 112 Å². The molecule has 0 fully saturated rings. The zero-order chi connectivity index (χ0) is 33.5. The molecule has 0 saturated carbocycles. The molecule has 0 spiro atoms. The molecule has 4 aromatic carbocycles. The molecule has 2 heterocycles. The first-order valence-electron chi connectivity index (χ1n) is 15.8. The number of aromatic nitrogens is 3. The summed E-state index contributed by atoms with van der Waals surface area (Å²) in [6.45, 7) is 3.32. The number of carbonyl (C=O) groups is 1. The molecular weight excluding hydrogens is 608 g/mol. The Morgan fingerprint density at radius 1 is 0.812 bits per heavy atom. The van der Waals surface area contributed by atoms with Crippen LogP contribution in [0.3, 0.4) is 0 Å². The number of benzene rings is 4. The van der Waals surface area contributed by atoms with Crippen LogP contribution in [0.4, 0.5) is 11.4 Å². The molecule has 11 heteroatoms. The fourth-order valence-corrected chi connectivity index (χ4v) is 5.81. The summed E-state index contributed by atoms with van der Waals surface area (Å²) in [6, 6.07) is 25.2. The largest absolute Gasteiger partial charge is 0.497 e. The first-order chi connectivity index (χ1) is 23.5. The molecule has 1 aliphatic rings. The Morgan fingerprint density at radius 2 is 1.50 bits per heavy atom. The molecule has 1 amide bonds. The van der Waals surface area contributed by atoms with Gasteiger partial charge in [-0.3, -0.25) is 9.69 Å². The number of hydrogen-bond acceptors (Lipinski definition) is 9. The summed E-state index contributed by atoms with van der Waals surface area (Å²) in [6.07, 6.45) is 3.86. The Balaban J connectivity index is 1.03. The van der Waals surface area contributed by atoms with E-state index in [1.165, 1.54) is 16.7 Å². The summed E-state index contributed by atoms with van der Waals surface area (Å²) in [5, 5.41) is 15.1. The second-order valence-corrected chi connectivity index (χ2v) is 11.5. The predicted molar refractivity (Wildman–Crippen MR) is 185 cm³/mol. The first-order valence-corrected chi connectivity index (χ1v) is 15.8. The molecule has 11 nitrogen and oxygen atoms in total. The summed E-state index contributed by atoms with van der Waals surface area (Å²) in [4.78, 5) is 15.6. The van der Waals surface area contributed by atoms with Gasteiger partial charge in [0.1, 0.15) is 17.2 Å². The van der Waals surface area contributed by atoms with E-state index >= 15 is 0 Å². The summed E-state index contributed by atoms with van der Waals surface area (Å²) < 4.78 is 23.4. The van der Waals surface area contributed by atoms with Gasteiger partial charge in [0.2, 0.25) is 0 Å². The molecule has 0 radical (unpaired) electrons. The second-order valence-electron chi connectivity index (χ2n) is 11.5. The van der Waals surface area contributed by atoms with Crippen LogP contribution >= 0.6 is 0 Å². The highest BCUT2D eigenvalue weighted by atomic mass is 16.5. The van der Waals surface area contributed by atoms with Crippen LogP contribution in [0, 0.1) is 0 Å². The monoisotopic (exact) mass is 648 g/mol. The summed E-state index contributed by atoms with van der Waals surface area (Å²) in [5.74, 6) is 2.37. The molecule has 248 valence electrons. The highest BCUT2D eigenvalue weighted by Crippen LogP contribution is 2.33. The molecule has 1 aromatic heterocycles. The van der Waals surface area contributed by atoms with Crippen molar-refractivity contribution in [1.82, 2.24) is 19.9 Å². The lowest BCUT2D eigenvalue weighted by atomic mass is 9.98. The van der Waals surface area contributed by atoms with E-state index in [4.69, 9.17) is 18.9 Å². The average Bonchev–Trinajstić information content (AvgIpc) is 3.62. The van der Waals surface area contributed by atoms with Crippen LogP contribution < -0.4 is 29.6 Å². The Morgan fingerprint density at radius 3 is 2.19 bits per heavy atom. The molecule has 0 bridgehead atoms. The van der Waals surface area contributed by atoms with Crippen molar-refractivity contribution in [3.63, 3.8) is 0 Å². The van der Waals surface area contributed by atoms with Crippen molar-refractivity contribution < 1.29 is 23.7 Å². The van der Waals surface area contributed by atoms with Crippen molar-refractivity contribution in [3.05, 3.63) is 113 Å². The van der Waals surface area contributed by atoms with Gasteiger partial charge in [0, 0.05) is 31.3 Å². The SMILES string of the molecule is COc1cc(OC)cc(C(=O)Nc2ccccc2NCc2cn(-c3ccc(CCN4CCc5cc(OC)c(OC)cc5C4)cc3)nn2)c1. The number of carbonyl (C=O) groups excluding carboxylic acids is 1. The third kappa shape index (κ3) is 7.53. The number of fused-ring (bicyclic) bond motifs is 1. The standard InChI is InChI=1S/C37H40N6O5/c1-45-31-17-27(18-32(21-31)46-2)37(44)39-34-8-6-5-7-33(34)38-22-29-24-43(41-40-29)30-11-9-25(10-12-30)13-15-42-16-14-26-19-35(47-3)36(48-4)20-28(26)23-42/h5-12,17-21,24,38H,13-16,22-23H2,1-4H3,(H,39,44). The molecule has 1 aliphatic heterocycles. The van der Waals surface area contributed by atoms with Crippen molar-refractivity contribution in [1.29, 1.82) is 0 Å². The van der Waals surface area contributed by atoms with Crippen LogP contribution in [-0.2, 0) is 25.9 Å².